The highest BCUT2D eigenvalue weighted by molar-refractivity contribution is 5.85. The molecule has 1 aromatic rings. The number of hydrogen-bond acceptors (Lipinski definition) is 3. The van der Waals surface area contributed by atoms with Crippen molar-refractivity contribution >= 4 is 11.8 Å². The summed E-state index contributed by atoms with van der Waals surface area (Å²) in [4.78, 5) is 26.0. The van der Waals surface area contributed by atoms with E-state index in [4.69, 9.17) is 0 Å². The molecular weight excluding hydrogens is 304 g/mol. The summed E-state index contributed by atoms with van der Waals surface area (Å²) in [6, 6.07) is 7.93. The van der Waals surface area contributed by atoms with Gasteiger partial charge in [-0.15, -0.1) is 0 Å². The molecule has 0 radical (unpaired) electrons. The molecule has 1 atom stereocenters. The van der Waals surface area contributed by atoms with E-state index < -0.39 is 5.60 Å². The molecule has 0 spiro atoms. The molecule has 1 saturated heterocycles. The highest BCUT2D eigenvalue weighted by Gasteiger charge is 2.38. The molecular formula is C19H28N2O3. The van der Waals surface area contributed by atoms with E-state index in [1.54, 1.807) is 18.7 Å². The fourth-order valence-electron chi connectivity index (χ4n) is 3.18. The average Bonchev–Trinajstić information content (AvgIpc) is 3.02. The van der Waals surface area contributed by atoms with Crippen LogP contribution in [0.25, 0.3) is 0 Å². The van der Waals surface area contributed by atoms with Crippen LogP contribution in [0.1, 0.15) is 44.2 Å². The van der Waals surface area contributed by atoms with Crippen molar-refractivity contribution in [3.05, 3.63) is 35.4 Å². The molecule has 5 heteroatoms. The minimum absolute atomic E-state index is 0.000683. The molecule has 0 aliphatic carbocycles. The van der Waals surface area contributed by atoms with Crippen molar-refractivity contribution in [2.24, 2.45) is 0 Å². The van der Waals surface area contributed by atoms with Crippen LogP contribution >= 0.6 is 0 Å². The topological polar surface area (TPSA) is 69.6 Å². The summed E-state index contributed by atoms with van der Waals surface area (Å²) >= 11 is 0. The van der Waals surface area contributed by atoms with Crippen LogP contribution in [0.3, 0.4) is 0 Å². The van der Waals surface area contributed by atoms with Crippen molar-refractivity contribution in [1.82, 2.24) is 10.2 Å². The van der Waals surface area contributed by atoms with Crippen LogP contribution in [0.15, 0.2) is 24.3 Å². The minimum atomic E-state index is -0.915. The number of carbonyl (C=O) groups excluding carboxylic acids is 2. The number of likely N-dealkylation sites (tertiary alicyclic amines) is 1. The summed E-state index contributed by atoms with van der Waals surface area (Å²) in [6.45, 7) is 6.13. The van der Waals surface area contributed by atoms with E-state index >= 15 is 0 Å². The zero-order valence-electron chi connectivity index (χ0n) is 14.8. The number of rotatable bonds is 6. The summed E-state index contributed by atoms with van der Waals surface area (Å²) in [5.74, 6) is -0.244. The Balaban J connectivity index is 1.77. The lowest BCUT2D eigenvalue weighted by molar-refractivity contribution is -0.137. The molecule has 1 aliphatic rings. The molecule has 1 unspecified atom stereocenters. The summed E-state index contributed by atoms with van der Waals surface area (Å²) in [5, 5.41) is 12.9. The van der Waals surface area contributed by atoms with E-state index in [0.29, 0.717) is 19.4 Å². The van der Waals surface area contributed by atoms with Gasteiger partial charge in [-0.25, -0.2) is 0 Å². The Morgan fingerprint density at radius 3 is 2.58 bits per heavy atom. The number of nitrogens with one attached hydrogen (secondary N) is 1. The largest absolute Gasteiger partial charge is 0.388 e. The molecule has 2 N–H and O–H groups in total. The SMILES string of the molecule is Cc1ccc(CCC(=O)NCC(=O)N2CCCC2C(C)(C)O)cc1. The van der Waals surface area contributed by atoms with Crippen LogP contribution in [0.4, 0.5) is 0 Å². The first-order valence-corrected chi connectivity index (χ1v) is 8.61. The molecule has 1 aromatic carbocycles. The number of amides is 2. The lowest BCUT2D eigenvalue weighted by atomic mass is 9.96. The standard InChI is InChI=1S/C19H28N2O3/c1-14-6-8-15(9-7-14)10-11-17(22)20-13-18(23)21-12-4-5-16(21)19(2,3)24/h6-9,16,24H,4-5,10-13H2,1-3H3,(H,20,22). The van der Waals surface area contributed by atoms with Crippen molar-refractivity contribution in [1.29, 1.82) is 0 Å². The van der Waals surface area contributed by atoms with E-state index in [9.17, 15) is 14.7 Å². The van der Waals surface area contributed by atoms with Crippen LogP contribution in [-0.4, -0.2) is 46.6 Å². The van der Waals surface area contributed by atoms with Gasteiger partial charge in [-0.05, 0) is 45.6 Å². The van der Waals surface area contributed by atoms with Crippen LogP contribution in [0, 0.1) is 6.92 Å². The molecule has 1 heterocycles. The fourth-order valence-corrected chi connectivity index (χ4v) is 3.18. The van der Waals surface area contributed by atoms with Gasteiger partial charge in [0.15, 0.2) is 0 Å². The minimum Gasteiger partial charge on any atom is -0.388 e. The molecule has 1 aliphatic heterocycles. The van der Waals surface area contributed by atoms with Gasteiger partial charge in [-0.3, -0.25) is 9.59 Å². The first-order valence-electron chi connectivity index (χ1n) is 8.61. The molecule has 132 valence electrons. The summed E-state index contributed by atoms with van der Waals surface area (Å²) in [6.07, 6.45) is 2.72. The molecule has 5 nitrogen and oxygen atoms in total. The maximum absolute atomic E-state index is 12.3. The number of aliphatic hydroxyl groups is 1. The Morgan fingerprint density at radius 2 is 1.96 bits per heavy atom. The highest BCUT2D eigenvalue weighted by atomic mass is 16.3. The number of carbonyl (C=O) groups is 2. The Kier molecular flexibility index (Phi) is 5.99. The zero-order chi connectivity index (χ0) is 17.7. The van der Waals surface area contributed by atoms with Gasteiger partial charge in [0.05, 0.1) is 18.2 Å². The van der Waals surface area contributed by atoms with Gasteiger partial charge in [0.2, 0.25) is 11.8 Å². The summed E-state index contributed by atoms with van der Waals surface area (Å²) < 4.78 is 0. The average molecular weight is 332 g/mol. The fraction of sp³-hybridized carbons (Fsp3) is 0.579. The third-order valence-electron chi connectivity index (χ3n) is 4.59. The lowest BCUT2D eigenvalue weighted by Gasteiger charge is -2.33. The second-order valence-electron chi connectivity index (χ2n) is 7.16. The van der Waals surface area contributed by atoms with Crippen molar-refractivity contribution in [3.8, 4) is 0 Å². The second-order valence-corrected chi connectivity index (χ2v) is 7.16. The quantitative estimate of drug-likeness (QED) is 0.835. The third kappa shape index (κ3) is 5.06. The molecule has 2 rings (SSSR count). The molecule has 0 saturated carbocycles. The molecule has 2 amide bonds. The van der Waals surface area contributed by atoms with Gasteiger partial charge in [-0.2, -0.15) is 0 Å². The predicted octanol–water partition coefficient (Wildman–Crippen LogP) is 1.81. The highest BCUT2D eigenvalue weighted by Crippen LogP contribution is 2.26. The zero-order valence-corrected chi connectivity index (χ0v) is 14.8. The van der Waals surface area contributed by atoms with Gasteiger partial charge >= 0.3 is 0 Å². The maximum Gasteiger partial charge on any atom is 0.242 e. The van der Waals surface area contributed by atoms with Gasteiger partial charge in [0.25, 0.3) is 0 Å². The van der Waals surface area contributed by atoms with Gasteiger partial charge in [0.1, 0.15) is 0 Å². The predicted molar refractivity (Wildman–Crippen MR) is 93.5 cm³/mol. The Labute approximate surface area is 144 Å². The normalized spacial score (nSPS) is 17.8. The number of nitrogens with zero attached hydrogens (tertiary/aromatic N) is 1. The van der Waals surface area contributed by atoms with Crippen LogP contribution in [0.5, 0.6) is 0 Å². The smallest absolute Gasteiger partial charge is 0.242 e. The second kappa shape index (κ2) is 7.79. The lowest BCUT2D eigenvalue weighted by Crippen LogP contribution is -2.50. The number of aryl methyl sites for hydroxylation is 2. The number of hydrogen-bond donors (Lipinski definition) is 2. The monoisotopic (exact) mass is 332 g/mol. The molecule has 1 fully saturated rings. The van der Waals surface area contributed by atoms with Crippen molar-refractivity contribution < 1.29 is 14.7 Å². The van der Waals surface area contributed by atoms with E-state index in [0.717, 1.165) is 18.4 Å². The molecule has 0 aromatic heterocycles. The van der Waals surface area contributed by atoms with Crippen molar-refractivity contribution in [2.75, 3.05) is 13.1 Å². The Hall–Kier alpha value is -1.88. The number of benzene rings is 1. The van der Waals surface area contributed by atoms with E-state index in [2.05, 4.69) is 5.32 Å². The maximum atomic E-state index is 12.3. The first kappa shape index (κ1) is 18.5. The van der Waals surface area contributed by atoms with E-state index in [-0.39, 0.29) is 24.4 Å². The van der Waals surface area contributed by atoms with Crippen molar-refractivity contribution in [2.45, 2.75) is 58.1 Å². The summed E-state index contributed by atoms with van der Waals surface area (Å²) in [5.41, 5.74) is 1.39. The van der Waals surface area contributed by atoms with Gasteiger partial charge in [-0.1, -0.05) is 29.8 Å². The molecule has 0 bridgehead atoms. The van der Waals surface area contributed by atoms with Crippen LogP contribution in [0.2, 0.25) is 0 Å². The first-order chi connectivity index (χ1) is 11.3. The Bertz CT molecular complexity index is 575. The van der Waals surface area contributed by atoms with E-state index in [1.165, 1.54) is 5.56 Å². The van der Waals surface area contributed by atoms with Gasteiger partial charge in [0, 0.05) is 13.0 Å². The Morgan fingerprint density at radius 1 is 1.29 bits per heavy atom. The van der Waals surface area contributed by atoms with Crippen molar-refractivity contribution in [3.63, 3.8) is 0 Å². The van der Waals surface area contributed by atoms with E-state index in [1.807, 2.05) is 31.2 Å². The van der Waals surface area contributed by atoms with Crippen LogP contribution < -0.4 is 5.32 Å². The third-order valence-corrected chi connectivity index (χ3v) is 4.59. The summed E-state index contributed by atoms with van der Waals surface area (Å²) in [7, 11) is 0. The van der Waals surface area contributed by atoms with Gasteiger partial charge < -0.3 is 15.3 Å². The molecule has 24 heavy (non-hydrogen) atoms. The van der Waals surface area contributed by atoms with Crippen LogP contribution in [-0.2, 0) is 16.0 Å².